The molecule has 19 heavy (non-hydrogen) atoms. The van der Waals surface area contributed by atoms with Crippen molar-refractivity contribution < 1.29 is 28.5 Å². The van der Waals surface area contributed by atoms with E-state index in [1.165, 1.54) is 0 Å². The van der Waals surface area contributed by atoms with E-state index >= 15 is 0 Å². The van der Waals surface area contributed by atoms with E-state index in [0.29, 0.717) is 26.4 Å². The smallest absolute Gasteiger partial charge is 0.404 e. The molecule has 1 amide bonds. The Bertz CT molecular complexity index is 233. The highest BCUT2D eigenvalue weighted by molar-refractivity contribution is 5.64. The van der Waals surface area contributed by atoms with Crippen molar-refractivity contribution in [2.45, 2.75) is 19.2 Å². The highest BCUT2D eigenvalue weighted by Crippen LogP contribution is 1.95. The van der Waals surface area contributed by atoms with Crippen molar-refractivity contribution in [3.05, 3.63) is 0 Å². The number of halogens is 1. The summed E-state index contributed by atoms with van der Waals surface area (Å²) in [4.78, 5) is 10.1. The molecule has 0 aliphatic carbocycles. The van der Waals surface area contributed by atoms with Crippen LogP contribution in [0.2, 0.25) is 0 Å². The Hall–Kier alpha value is -0.960. The van der Waals surface area contributed by atoms with Gasteiger partial charge in [0.15, 0.2) is 0 Å². The van der Waals surface area contributed by atoms with Crippen LogP contribution in [0.15, 0.2) is 0 Å². The van der Waals surface area contributed by atoms with Gasteiger partial charge in [-0.05, 0) is 6.92 Å². The van der Waals surface area contributed by atoms with E-state index in [1.54, 1.807) is 0 Å². The summed E-state index contributed by atoms with van der Waals surface area (Å²) >= 11 is 0. The first-order valence-electron chi connectivity index (χ1n) is 6.14. The summed E-state index contributed by atoms with van der Waals surface area (Å²) in [6.07, 6.45) is -2.38. The zero-order chi connectivity index (χ0) is 14.5. The molecule has 0 aliphatic heterocycles. The van der Waals surface area contributed by atoms with Crippen molar-refractivity contribution >= 4 is 6.09 Å². The first kappa shape index (κ1) is 18.0. The van der Waals surface area contributed by atoms with Crippen molar-refractivity contribution in [1.82, 2.24) is 5.32 Å². The minimum Gasteiger partial charge on any atom is -0.465 e. The highest BCUT2D eigenvalue weighted by atomic mass is 19.1. The number of nitrogens with two attached hydrogens (primary N) is 1. The summed E-state index contributed by atoms with van der Waals surface area (Å²) in [7, 11) is 0. The second kappa shape index (κ2) is 12.1. The zero-order valence-electron chi connectivity index (χ0n) is 11.1. The zero-order valence-corrected chi connectivity index (χ0v) is 11.1. The summed E-state index contributed by atoms with van der Waals surface area (Å²) in [5.41, 5.74) is 5.10. The molecule has 0 saturated carbocycles. The molecule has 2 unspecified atom stereocenters. The van der Waals surface area contributed by atoms with Crippen molar-refractivity contribution in [3.8, 4) is 0 Å². The van der Waals surface area contributed by atoms with Crippen LogP contribution in [0, 0.1) is 0 Å². The fourth-order valence-corrected chi connectivity index (χ4v) is 1.12. The number of amides is 1. The van der Waals surface area contributed by atoms with Crippen LogP contribution >= 0.6 is 0 Å². The number of rotatable bonds is 12. The molecule has 0 aliphatic rings. The summed E-state index contributed by atoms with van der Waals surface area (Å²) in [5.74, 6) is 0. The summed E-state index contributed by atoms with van der Waals surface area (Å²) in [6.45, 7) is 3.29. The van der Waals surface area contributed by atoms with Gasteiger partial charge in [-0.15, -0.1) is 0 Å². The molecule has 0 spiro atoms. The summed E-state index contributed by atoms with van der Waals surface area (Å²) in [5, 5.41) is 10.5. The lowest BCUT2D eigenvalue weighted by Gasteiger charge is -2.14. The van der Waals surface area contributed by atoms with Gasteiger partial charge in [-0.1, -0.05) is 0 Å². The summed E-state index contributed by atoms with van der Waals surface area (Å²) < 4.78 is 28.3. The van der Waals surface area contributed by atoms with E-state index in [1.807, 2.05) is 6.92 Å². The lowest BCUT2D eigenvalue weighted by Crippen LogP contribution is -2.26. The second-order valence-corrected chi connectivity index (χ2v) is 3.90. The molecule has 0 bridgehead atoms. The first-order valence-corrected chi connectivity index (χ1v) is 6.14. The molecule has 0 fully saturated rings. The van der Waals surface area contributed by atoms with Gasteiger partial charge in [0.05, 0.1) is 39.1 Å². The van der Waals surface area contributed by atoms with Crippen LogP contribution in [0.4, 0.5) is 9.18 Å². The van der Waals surface area contributed by atoms with Gasteiger partial charge in [-0.3, -0.25) is 0 Å². The number of alkyl halides is 1. The van der Waals surface area contributed by atoms with Gasteiger partial charge in [0, 0.05) is 13.1 Å². The molecule has 0 aromatic rings. The maximum absolute atomic E-state index is 12.7. The van der Waals surface area contributed by atoms with Crippen LogP contribution in [0.5, 0.6) is 0 Å². The average Bonchev–Trinajstić information content (AvgIpc) is 2.37. The van der Waals surface area contributed by atoms with E-state index in [0.717, 1.165) is 0 Å². The molecule has 0 radical (unpaired) electrons. The molecule has 0 aromatic heterocycles. The van der Waals surface area contributed by atoms with E-state index in [4.69, 9.17) is 25.1 Å². The van der Waals surface area contributed by atoms with Crippen molar-refractivity contribution in [2.75, 3.05) is 46.1 Å². The Morgan fingerprint density at radius 1 is 1.32 bits per heavy atom. The molecule has 4 N–H and O–H groups in total. The Labute approximate surface area is 112 Å². The molecular weight excluding hydrogens is 259 g/mol. The lowest BCUT2D eigenvalue weighted by atomic mass is 10.4. The molecule has 0 saturated heterocycles. The molecule has 7 nitrogen and oxygen atoms in total. The van der Waals surface area contributed by atoms with Crippen molar-refractivity contribution in [1.29, 1.82) is 0 Å². The van der Waals surface area contributed by atoms with Crippen LogP contribution < -0.4 is 11.1 Å². The van der Waals surface area contributed by atoms with Gasteiger partial charge >= 0.3 is 6.09 Å². The Morgan fingerprint density at radius 2 is 2.05 bits per heavy atom. The predicted molar refractivity (Wildman–Crippen MR) is 67.0 cm³/mol. The number of nitrogens with one attached hydrogen (secondary N) is 1. The van der Waals surface area contributed by atoms with Gasteiger partial charge in [-0.25, -0.2) is 9.18 Å². The van der Waals surface area contributed by atoms with Gasteiger partial charge in [0.25, 0.3) is 0 Å². The standard InChI is InChI=1S/C11H23FN2O5/c1-9(7-18-8-10(12)6-13)19-5-4-17-3-2-14-11(15)16/h9-10,14H,2-8,13H2,1H3,(H,15,16). The Balaban J connectivity index is 3.24. The molecule has 0 heterocycles. The molecule has 0 rings (SSSR count). The fourth-order valence-electron chi connectivity index (χ4n) is 1.12. The normalized spacial score (nSPS) is 14.1. The maximum atomic E-state index is 12.7. The first-order chi connectivity index (χ1) is 9.06. The van der Waals surface area contributed by atoms with Gasteiger partial charge in [-0.2, -0.15) is 0 Å². The van der Waals surface area contributed by atoms with Crippen LogP contribution in [-0.2, 0) is 14.2 Å². The van der Waals surface area contributed by atoms with Crippen LogP contribution in [-0.4, -0.2) is 69.6 Å². The van der Waals surface area contributed by atoms with Gasteiger partial charge in [0.2, 0.25) is 0 Å². The van der Waals surface area contributed by atoms with E-state index in [-0.39, 0.29) is 25.8 Å². The topological polar surface area (TPSA) is 103 Å². The Morgan fingerprint density at radius 3 is 2.68 bits per heavy atom. The van der Waals surface area contributed by atoms with Crippen molar-refractivity contribution in [2.24, 2.45) is 5.73 Å². The van der Waals surface area contributed by atoms with E-state index in [9.17, 15) is 9.18 Å². The lowest BCUT2D eigenvalue weighted by molar-refractivity contribution is -0.0367. The molecule has 8 heteroatoms. The van der Waals surface area contributed by atoms with E-state index < -0.39 is 12.3 Å². The van der Waals surface area contributed by atoms with Crippen molar-refractivity contribution in [3.63, 3.8) is 0 Å². The quantitative estimate of drug-likeness (QED) is 0.435. The second-order valence-electron chi connectivity index (χ2n) is 3.90. The number of hydrogen-bond acceptors (Lipinski definition) is 5. The predicted octanol–water partition coefficient (Wildman–Crippen LogP) is -0.0109. The molecular formula is C11H23FN2O5. The number of carbonyl (C=O) groups is 1. The third kappa shape index (κ3) is 13.3. The highest BCUT2D eigenvalue weighted by Gasteiger charge is 2.06. The summed E-state index contributed by atoms with van der Waals surface area (Å²) in [6, 6.07) is 0. The largest absolute Gasteiger partial charge is 0.465 e. The average molecular weight is 282 g/mol. The number of carboxylic acid groups (broad SMARTS) is 1. The Kier molecular flexibility index (Phi) is 11.5. The fraction of sp³-hybridized carbons (Fsp3) is 0.909. The monoisotopic (exact) mass is 282 g/mol. The number of ether oxygens (including phenoxy) is 3. The minimum absolute atomic E-state index is 0.0262. The maximum Gasteiger partial charge on any atom is 0.404 e. The van der Waals surface area contributed by atoms with Gasteiger partial charge in [0.1, 0.15) is 6.17 Å². The molecule has 2 atom stereocenters. The third-order valence-corrected chi connectivity index (χ3v) is 2.06. The van der Waals surface area contributed by atoms with E-state index in [2.05, 4.69) is 5.32 Å². The minimum atomic E-state index is -1.14. The third-order valence-electron chi connectivity index (χ3n) is 2.06. The van der Waals surface area contributed by atoms with Crippen LogP contribution in [0.3, 0.4) is 0 Å². The SMILES string of the molecule is CC(COCC(F)CN)OCCOCCNC(=O)O. The molecule has 0 aromatic carbocycles. The van der Waals surface area contributed by atoms with Crippen LogP contribution in [0.1, 0.15) is 6.92 Å². The van der Waals surface area contributed by atoms with Crippen LogP contribution in [0.25, 0.3) is 0 Å². The molecule has 114 valence electrons. The van der Waals surface area contributed by atoms with Gasteiger partial charge < -0.3 is 30.4 Å². The number of hydrogen-bond donors (Lipinski definition) is 3.